The first-order valence-electron chi connectivity index (χ1n) is 12.5. The summed E-state index contributed by atoms with van der Waals surface area (Å²) in [4.78, 5) is 26.4. The Morgan fingerprint density at radius 2 is 1.79 bits per heavy atom. The van der Waals surface area contributed by atoms with Crippen LogP contribution in [0.4, 0.5) is 0 Å². The van der Waals surface area contributed by atoms with E-state index >= 15 is 0 Å². The van der Waals surface area contributed by atoms with Crippen LogP contribution in [-0.4, -0.2) is 26.4 Å². The second kappa shape index (κ2) is 9.23. The van der Waals surface area contributed by atoms with E-state index in [1.54, 1.807) is 30.3 Å². The minimum absolute atomic E-state index is 0.0335. The molecule has 3 aromatic rings. The van der Waals surface area contributed by atoms with Crippen molar-refractivity contribution in [3.05, 3.63) is 87.3 Å². The highest BCUT2D eigenvalue weighted by atomic mass is 32.2. The van der Waals surface area contributed by atoms with Gasteiger partial charge in [-0.15, -0.1) is 4.91 Å². The fourth-order valence-electron chi connectivity index (χ4n) is 4.91. The van der Waals surface area contributed by atoms with Gasteiger partial charge in [-0.25, -0.2) is 0 Å². The third-order valence-corrected chi connectivity index (χ3v) is 8.44. The zero-order valence-corrected chi connectivity index (χ0v) is 22.6. The van der Waals surface area contributed by atoms with Crippen LogP contribution in [0.15, 0.2) is 64.7 Å². The number of nitroso groups, excluding NO2 is 1. The molecule has 1 unspecified atom stereocenters. The van der Waals surface area contributed by atoms with Crippen molar-refractivity contribution in [2.75, 3.05) is 6.61 Å². The lowest BCUT2D eigenvalue weighted by Gasteiger charge is -2.37. The van der Waals surface area contributed by atoms with Crippen molar-refractivity contribution in [2.24, 2.45) is 5.18 Å². The van der Waals surface area contributed by atoms with E-state index in [4.69, 9.17) is 13.7 Å². The number of ether oxygens (including phenoxy) is 2. The van der Waals surface area contributed by atoms with Gasteiger partial charge in [-0.3, -0.25) is 4.79 Å². The van der Waals surface area contributed by atoms with E-state index in [1.807, 2.05) is 27.7 Å². The number of nitrogens with zero attached hydrogens (tertiary/aromatic N) is 1. The molecule has 8 nitrogen and oxygen atoms in total. The molecular weight excluding hydrogens is 506 g/mol. The summed E-state index contributed by atoms with van der Waals surface area (Å²) < 4.78 is 44.1. The molecule has 0 saturated heterocycles. The lowest BCUT2D eigenvalue weighted by atomic mass is 9.79. The molecule has 198 valence electrons. The van der Waals surface area contributed by atoms with Gasteiger partial charge in [0.2, 0.25) is 11.3 Å². The van der Waals surface area contributed by atoms with Crippen molar-refractivity contribution in [1.29, 1.82) is 0 Å². The first-order chi connectivity index (χ1) is 18.0. The average Bonchev–Trinajstić information content (AvgIpc) is 2.88. The van der Waals surface area contributed by atoms with Crippen LogP contribution in [0.1, 0.15) is 59.8 Å². The number of carbonyl (C=O) groups is 1. The van der Waals surface area contributed by atoms with E-state index < -0.39 is 28.0 Å². The SMILES string of the molecule is CCc1ccc(C2(N=O)COc3c(ccc4c3CCC(C)(C)O4)C2=O)c(OS(=O)(=O)c2ccc(C)cc2)c1. The van der Waals surface area contributed by atoms with E-state index in [1.165, 1.54) is 24.3 Å². The predicted octanol–water partition coefficient (Wildman–Crippen LogP) is 5.67. The standard InChI is InChI=1S/C29H29NO7S/c1-5-19-8-12-23(25(16-19)37-38(33,34)20-9-6-18(2)7-10-20)29(30-32)17-35-26-21-14-15-28(3,4)36-24(21)13-11-22(26)27(29)31/h6-13,16H,5,14-15,17H2,1-4H3. The third-order valence-electron chi connectivity index (χ3n) is 7.19. The number of fused-ring (bicyclic) bond motifs is 3. The fourth-order valence-corrected chi connectivity index (χ4v) is 5.85. The van der Waals surface area contributed by atoms with Gasteiger partial charge in [0.25, 0.3) is 0 Å². The number of aryl methyl sites for hydroxylation is 2. The topological polar surface area (TPSA) is 108 Å². The molecule has 0 saturated carbocycles. The van der Waals surface area contributed by atoms with E-state index in [0.717, 1.165) is 23.1 Å². The van der Waals surface area contributed by atoms with Crippen LogP contribution < -0.4 is 13.7 Å². The highest BCUT2D eigenvalue weighted by Crippen LogP contribution is 2.47. The molecule has 5 rings (SSSR count). The van der Waals surface area contributed by atoms with Gasteiger partial charge in [-0.1, -0.05) is 36.8 Å². The van der Waals surface area contributed by atoms with Crippen molar-refractivity contribution in [3.8, 4) is 17.2 Å². The first kappa shape index (κ1) is 25.9. The number of rotatable bonds is 6. The number of benzene rings is 3. The molecule has 1 atom stereocenters. The maximum atomic E-state index is 13.9. The van der Waals surface area contributed by atoms with Crippen LogP contribution in [-0.2, 0) is 28.5 Å². The summed E-state index contributed by atoms with van der Waals surface area (Å²) in [7, 11) is -4.26. The predicted molar refractivity (Wildman–Crippen MR) is 142 cm³/mol. The zero-order valence-electron chi connectivity index (χ0n) is 21.7. The van der Waals surface area contributed by atoms with Gasteiger partial charge < -0.3 is 13.7 Å². The molecule has 38 heavy (non-hydrogen) atoms. The van der Waals surface area contributed by atoms with Crippen LogP contribution >= 0.6 is 0 Å². The highest BCUT2D eigenvalue weighted by Gasteiger charge is 2.51. The summed E-state index contributed by atoms with van der Waals surface area (Å²) in [6, 6.07) is 14.3. The molecule has 0 radical (unpaired) electrons. The molecule has 2 aliphatic heterocycles. The summed E-state index contributed by atoms with van der Waals surface area (Å²) in [5, 5.41) is 3.26. The van der Waals surface area contributed by atoms with Gasteiger partial charge in [0.15, 0.2) is 0 Å². The lowest BCUT2D eigenvalue weighted by Crippen LogP contribution is -2.44. The first-order valence-corrected chi connectivity index (χ1v) is 13.9. The number of hydrogen-bond acceptors (Lipinski definition) is 8. The van der Waals surface area contributed by atoms with Gasteiger partial charge in [0, 0.05) is 11.1 Å². The molecule has 9 heteroatoms. The Kier molecular flexibility index (Phi) is 6.30. The number of Topliss-reactive ketones (excluding diaryl/α,β-unsaturated/α-hetero) is 1. The van der Waals surface area contributed by atoms with Crippen molar-refractivity contribution in [3.63, 3.8) is 0 Å². The molecular formula is C29H29NO7S. The number of carbonyl (C=O) groups excluding carboxylic acids is 1. The Morgan fingerprint density at radius 3 is 2.47 bits per heavy atom. The quantitative estimate of drug-likeness (QED) is 0.296. The molecule has 0 spiro atoms. The summed E-state index contributed by atoms with van der Waals surface area (Å²) >= 11 is 0. The molecule has 2 aliphatic rings. The van der Waals surface area contributed by atoms with Crippen LogP contribution in [0.3, 0.4) is 0 Å². The largest absolute Gasteiger partial charge is 0.489 e. The van der Waals surface area contributed by atoms with Gasteiger partial charge in [-0.05, 0) is 81.1 Å². The molecule has 0 bridgehead atoms. The van der Waals surface area contributed by atoms with Gasteiger partial charge >= 0.3 is 10.1 Å². The average molecular weight is 536 g/mol. The van der Waals surface area contributed by atoms with Crippen molar-refractivity contribution < 1.29 is 26.9 Å². The summed E-state index contributed by atoms with van der Waals surface area (Å²) in [5.74, 6) is 0.304. The van der Waals surface area contributed by atoms with Gasteiger partial charge in [-0.2, -0.15) is 8.42 Å². The van der Waals surface area contributed by atoms with E-state index in [-0.39, 0.29) is 27.4 Å². The van der Waals surface area contributed by atoms with Gasteiger partial charge in [0.05, 0.1) is 5.56 Å². The molecule has 0 aromatic heterocycles. The van der Waals surface area contributed by atoms with Crippen LogP contribution in [0, 0.1) is 11.8 Å². The minimum atomic E-state index is -4.26. The van der Waals surface area contributed by atoms with Crippen molar-refractivity contribution in [1.82, 2.24) is 0 Å². The Morgan fingerprint density at radius 1 is 1.05 bits per heavy atom. The Bertz CT molecular complexity index is 1540. The Labute approximate surface area is 222 Å². The highest BCUT2D eigenvalue weighted by molar-refractivity contribution is 7.87. The number of ketones is 1. The van der Waals surface area contributed by atoms with Crippen molar-refractivity contribution >= 4 is 15.9 Å². The third kappa shape index (κ3) is 4.34. The van der Waals surface area contributed by atoms with E-state index in [0.29, 0.717) is 24.3 Å². The van der Waals surface area contributed by atoms with Crippen LogP contribution in [0.25, 0.3) is 0 Å². The molecule has 0 fully saturated rings. The van der Waals surface area contributed by atoms with Crippen molar-refractivity contribution in [2.45, 2.75) is 63.0 Å². The summed E-state index contributed by atoms with van der Waals surface area (Å²) in [5.41, 5.74) is 0.291. The maximum Gasteiger partial charge on any atom is 0.339 e. The Hall–Kier alpha value is -3.72. The molecule has 0 amide bonds. The Balaban J connectivity index is 1.59. The number of hydrogen-bond donors (Lipinski definition) is 0. The monoisotopic (exact) mass is 535 g/mol. The molecule has 0 aliphatic carbocycles. The normalized spacial score (nSPS) is 19.9. The van der Waals surface area contributed by atoms with E-state index in [9.17, 15) is 18.1 Å². The molecule has 3 aromatic carbocycles. The zero-order chi connectivity index (χ0) is 27.3. The molecule has 2 heterocycles. The van der Waals surface area contributed by atoms with Crippen LogP contribution in [0.5, 0.6) is 17.2 Å². The van der Waals surface area contributed by atoms with E-state index in [2.05, 4.69) is 5.18 Å². The fraction of sp³-hybridized carbons (Fsp3) is 0.345. The second-order valence-corrected chi connectivity index (χ2v) is 11.9. The summed E-state index contributed by atoms with van der Waals surface area (Å²) in [6.07, 6.45) is 1.96. The second-order valence-electron chi connectivity index (χ2n) is 10.4. The van der Waals surface area contributed by atoms with Gasteiger partial charge in [0.1, 0.15) is 34.4 Å². The maximum absolute atomic E-state index is 13.9. The summed E-state index contributed by atoms with van der Waals surface area (Å²) in [6.45, 7) is 7.34. The lowest BCUT2D eigenvalue weighted by molar-refractivity contribution is 0.0733. The van der Waals surface area contributed by atoms with Crippen LogP contribution in [0.2, 0.25) is 0 Å². The molecule has 0 N–H and O–H groups in total. The minimum Gasteiger partial charge on any atom is -0.489 e. The smallest absolute Gasteiger partial charge is 0.339 e.